The molecule has 0 aliphatic carbocycles. The Morgan fingerprint density at radius 3 is 1.13 bits per heavy atom. The zero-order chi connectivity index (χ0) is 30.2. The molecule has 0 unspecified atom stereocenters. The van der Waals surface area contributed by atoms with Gasteiger partial charge in [0.05, 0.1) is 0 Å². The molecule has 10 rings (SSSR count). The smallest absolute Gasteiger partial charge is 0.00990 e. The zero-order valence-corrected chi connectivity index (χ0v) is 25.2. The number of hydrogen-bond donors (Lipinski definition) is 0. The molecule has 0 nitrogen and oxygen atoms in total. The van der Waals surface area contributed by atoms with Crippen LogP contribution in [0.25, 0.3) is 97.7 Å². The predicted octanol–water partition coefficient (Wildman–Crippen LogP) is 13.1. The van der Waals surface area contributed by atoms with Gasteiger partial charge < -0.3 is 0 Å². The second-order valence-electron chi connectivity index (χ2n) is 12.5. The molecule has 0 saturated carbocycles. The minimum absolute atomic E-state index is 1.24. The molecule has 0 fully saturated rings. The molecule has 0 bridgehead atoms. The highest BCUT2D eigenvalue weighted by molar-refractivity contribution is 6.19. The van der Waals surface area contributed by atoms with Crippen LogP contribution in [0.5, 0.6) is 0 Å². The van der Waals surface area contributed by atoms with Crippen molar-refractivity contribution in [1.82, 2.24) is 0 Å². The van der Waals surface area contributed by atoms with Gasteiger partial charge in [0.2, 0.25) is 0 Å². The van der Waals surface area contributed by atoms with Crippen LogP contribution in [-0.4, -0.2) is 0 Å². The quantitative estimate of drug-likeness (QED) is 0.178. The molecular weight excluding hydrogens is 553 g/mol. The summed E-state index contributed by atoms with van der Waals surface area (Å²) >= 11 is 0. The van der Waals surface area contributed by atoms with Crippen LogP contribution < -0.4 is 0 Å². The minimum Gasteiger partial charge on any atom is -0.0616 e. The topological polar surface area (TPSA) is 0 Å². The van der Waals surface area contributed by atoms with Gasteiger partial charge in [0.15, 0.2) is 0 Å². The van der Waals surface area contributed by atoms with E-state index < -0.39 is 0 Å². The van der Waals surface area contributed by atoms with E-state index in [-0.39, 0.29) is 0 Å². The summed E-state index contributed by atoms with van der Waals surface area (Å²) in [6.07, 6.45) is 0. The molecule has 212 valence electrons. The standard InChI is InChI=1S/C46H28/c1-3-9-37-29(6-1)12-22-45-41-20-15-32(27-34(41)17-24-43(37)45)31-14-19-40-33(26-31)8-5-11-39(40)35-16-21-42-36(28-35)18-25-44-38-10-4-2-7-30(38)13-23-46(42)44/h1-28H. The van der Waals surface area contributed by atoms with Crippen LogP contribution in [0.2, 0.25) is 0 Å². The fourth-order valence-electron chi connectivity index (χ4n) is 7.72. The Kier molecular flexibility index (Phi) is 5.38. The van der Waals surface area contributed by atoms with Crippen molar-refractivity contribution in [2.45, 2.75) is 0 Å². The van der Waals surface area contributed by atoms with Crippen molar-refractivity contribution in [1.29, 1.82) is 0 Å². The summed E-state index contributed by atoms with van der Waals surface area (Å²) in [6.45, 7) is 0. The molecular formula is C46H28. The second-order valence-corrected chi connectivity index (χ2v) is 12.5. The third kappa shape index (κ3) is 3.81. The van der Waals surface area contributed by atoms with E-state index in [1.54, 1.807) is 0 Å². The summed E-state index contributed by atoms with van der Waals surface area (Å²) in [5, 5.41) is 18.1. The molecule has 0 heterocycles. The number of benzene rings is 10. The summed E-state index contributed by atoms with van der Waals surface area (Å²) in [6, 6.07) is 62.9. The summed E-state index contributed by atoms with van der Waals surface area (Å²) < 4.78 is 0. The summed E-state index contributed by atoms with van der Waals surface area (Å²) in [7, 11) is 0. The molecule has 0 radical (unpaired) electrons. The van der Waals surface area contributed by atoms with Crippen LogP contribution in [0.15, 0.2) is 170 Å². The first-order valence-corrected chi connectivity index (χ1v) is 16.0. The maximum atomic E-state index is 2.35. The van der Waals surface area contributed by atoms with Gasteiger partial charge in [-0.3, -0.25) is 0 Å². The van der Waals surface area contributed by atoms with Crippen molar-refractivity contribution >= 4 is 75.4 Å². The first-order chi connectivity index (χ1) is 22.8. The molecule has 0 aliphatic rings. The van der Waals surface area contributed by atoms with Crippen LogP contribution in [0.3, 0.4) is 0 Å². The lowest BCUT2D eigenvalue weighted by molar-refractivity contribution is 1.66. The molecule has 10 aromatic carbocycles. The molecule has 46 heavy (non-hydrogen) atoms. The molecule has 0 aliphatic heterocycles. The molecule has 0 N–H and O–H groups in total. The van der Waals surface area contributed by atoms with Gasteiger partial charge in [-0.2, -0.15) is 0 Å². The van der Waals surface area contributed by atoms with E-state index in [1.807, 2.05) is 0 Å². The van der Waals surface area contributed by atoms with Crippen molar-refractivity contribution < 1.29 is 0 Å². The monoisotopic (exact) mass is 580 g/mol. The van der Waals surface area contributed by atoms with Gasteiger partial charge in [-0.1, -0.05) is 152 Å². The fourth-order valence-corrected chi connectivity index (χ4v) is 7.72. The summed E-state index contributed by atoms with van der Waals surface area (Å²) in [5.74, 6) is 0. The molecule has 0 atom stereocenters. The Bertz CT molecular complexity index is 2850. The van der Waals surface area contributed by atoms with Crippen LogP contribution in [0.1, 0.15) is 0 Å². The molecule has 0 spiro atoms. The summed E-state index contributed by atoms with van der Waals surface area (Å²) in [4.78, 5) is 0. The SMILES string of the molecule is c1cc(-c2ccc3c(ccc4c5ccccc5ccc34)c2)c2ccc(-c3ccc4c(ccc5c6ccccc6ccc45)c3)cc2c1. The van der Waals surface area contributed by atoms with Gasteiger partial charge >= 0.3 is 0 Å². The lowest BCUT2D eigenvalue weighted by atomic mass is 9.91. The van der Waals surface area contributed by atoms with Crippen LogP contribution in [0, 0.1) is 0 Å². The highest BCUT2D eigenvalue weighted by Crippen LogP contribution is 2.38. The normalized spacial score (nSPS) is 11.9. The highest BCUT2D eigenvalue weighted by atomic mass is 14.1. The van der Waals surface area contributed by atoms with Crippen molar-refractivity contribution in [2.24, 2.45) is 0 Å². The van der Waals surface area contributed by atoms with Crippen LogP contribution in [-0.2, 0) is 0 Å². The predicted molar refractivity (Wildman–Crippen MR) is 200 cm³/mol. The fraction of sp³-hybridized carbons (Fsp3) is 0. The third-order valence-corrected chi connectivity index (χ3v) is 10.0. The van der Waals surface area contributed by atoms with Crippen molar-refractivity contribution in [3.05, 3.63) is 170 Å². The van der Waals surface area contributed by atoms with E-state index in [4.69, 9.17) is 0 Å². The van der Waals surface area contributed by atoms with Gasteiger partial charge in [0.25, 0.3) is 0 Å². The van der Waals surface area contributed by atoms with Gasteiger partial charge in [0, 0.05) is 0 Å². The molecule has 0 heteroatoms. The minimum atomic E-state index is 1.24. The Morgan fingerprint density at radius 1 is 0.196 bits per heavy atom. The van der Waals surface area contributed by atoms with E-state index in [0.717, 1.165) is 0 Å². The van der Waals surface area contributed by atoms with E-state index >= 15 is 0 Å². The Balaban J connectivity index is 1.06. The van der Waals surface area contributed by atoms with Crippen LogP contribution >= 0.6 is 0 Å². The molecule has 10 aromatic rings. The van der Waals surface area contributed by atoms with Crippen molar-refractivity contribution in [2.75, 3.05) is 0 Å². The number of rotatable bonds is 2. The first kappa shape index (κ1) is 25.4. The molecule has 0 saturated heterocycles. The second kappa shape index (κ2) is 9.76. The average Bonchev–Trinajstić information content (AvgIpc) is 3.13. The van der Waals surface area contributed by atoms with Gasteiger partial charge in [-0.05, 0) is 116 Å². The van der Waals surface area contributed by atoms with Gasteiger partial charge in [-0.25, -0.2) is 0 Å². The Labute approximate surface area is 266 Å². The van der Waals surface area contributed by atoms with E-state index in [9.17, 15) is 0 Å². The maximum absolute atomic E-state index is 2.35. The van der Waals surface area contributed by atoms with Crippen molar-refractivity contribution in [3.63, 3.8) is 0 Å². The Morgan fingerprint density at radius 2 is 0.565 bits per heavy atom. The summed E-state index contributed by atoms with van der Waals surface area (Å²) in [5.41, 5.74) is 4.99. The van der Waals surface area contributed by atoms with Gasteiger partial charge in [0.1, 0.15) is 0 Å². The van der Waals surface area contributed by atoms with Crippen molar-refractivity contribution in [3.8, 4) is 22.3 Å². The maximum Gasteiger partial charge on any atom is -0.00990 e. The average molecular weight is 581 g/mol. The number of fused-ring (bicyclic) bond motifs is 11. The van der Waals surface area contributed by atoms with Crippen LogP contribution in [0.4, 0.5) is 0 Å². The van der Waals surface area contributed by atoms with Gasteiger partial charge in [-0.15, -0.1) is 0 Å². The lowest BCUT2D eigenvalue weighted by Crippen LogP contribution is -1.86. The number of hydrogen-bond acceptors (Lipinski definition) is 0. The Hall–Kier alpha value is -5.98. The van der Waals surface area contributed by atoms with E-state index in [1.165, 1.54) is 97.7 Å². The van der Waals surface area contributed by atoms with E-state index in [0.29, 0.717) is 0 Å². The third-order valence-electron chi connectivity index (χ3n) is 10.0. The van der Waals surface area contributed by atoms with E-state index in [2.05, 4.69) is 170 Å². The molecule has 0 aromatic heterocycles. The molecule has 0 amide bonds. The lowest BCUT2D eigenvalue weighted by Gasteiger charge is -2.12. The largest absolute Gasteiger partial charge is 0.0616 e. The highest BCUT2D eigenvalue weighted by Gasteiger charge is 2.11. The zero-order valence-electron chi connectivity index (χ0n) is 25.2. The first-order valence-electron chi connectivity index (χ1n) is 16.0.